The van der Waals surface area contributed by atoms with Gasteiger partial charge in [-0.05, 0) is 61.1 Å². The summed E-state index contributed by atoms with van der Waals surface area (Å²) in [5.41, 5.74) is -0.412. The number of halogens is 4. The molecule has 0 bridgehead atoms. The minimum Gasteiger partial charge on any atom is -0.206 e. The lowest BCUT2D eigenvalue weighted by Gasteiger charge is -2.30. The zero-order valence-electron chi connectivity index (χ0n) is 19.9. The first-order chi connectivity index (χ1) is 15.4. The van der Waals surface area contributed by atoms with Crippen LogP contribution in [0.5, 0.6) is 0 Å². The molecule has 32 heavy (non-hydrogen) atoms. The van der Waals surface area contributed by atoms with E-state index in [4.69, 9.17) is 0 Å². The second kappa shape index (κ2) is 12.6. The van der Waals surface area contributed by atoms with E-state index in [-0.39, 0.29) is 14.7 Å². The fourth-order valence-electron chi connectivity index (χ4n) is 6.16. The van der Waals surface area contributed by atoms with Gasteiger partial charge in [0.2, 0.25) is 0 Å². The van der Waals surface area contributed by atoms with Gasteiger partial charge < -0.3 is 0 Å². The maximum atomic E-state index is 13.9. The fraction of sp³-hybridized carbons (Fsp3) is 0.778. The molecule has 5 heteroatoms. The van der Waals surface area contributed by atoms with Gasteiger partial charge in [-0.2, -0.15) is 13.2 Å². The highest BCUT2D eigenvalue weighted by Crippen LogP contribution is 2.40. The molecule has 1 aromatic carbocycles. The molecule has 0 amide bonds. The maximum Gasteiger partial charge on any atom is 0.419 e. The zero-order valence-corrected chi connectivity index (χ0v) is 21.0. The highest BCUT2D eigenvalue weighted by molar-refractivity contribution is 6.58. The lowest BCUT2D eigenvalue weighted by molar-refractivity contribution is -0.140. The van der Waals surface area contributed by atoms with Crippen molar-refractivity contribution < 1.29 is 17.6 Å². The molecule has 1 saturated heterocycles. The topological polar surface area (TPSA) is 0 Å². The molecule has 2 aliphatic rings. The summed E-state index contributed by atoms with van der Waals surface area (Å²) in [6.45, 7) is 2.30. The van der Waals surface area contributed by atoms with E-state index in [9.17, 15) is 17.6 Å². The van der Waals surface area contributed by atoms with E-state index in [0.29, 0.717) is 0 Å². The zero-order chi connectivity index (χ0) is 23.0. The smallest absolute Gasteiger partial charge is 0.206 e. The lowest BCUT2D eigenvalue weighted by Crippen LogP contribution is -2.21. The van der Waals surface area contributed by atoms with Gasteiger partial charge in [0.1, 0.15) is 5.82 Å². The van der Waals surface area contributed by atoms with Crippen molar-refractivity contribution in [2.45, 2.75) is 121 Å². The number of hydrogen-bond acceptors (Lipinski definition) is 0. The summed E-state index contributed by atoms with van der Waals surface area (Å²) in [7, 11) is -0.387. The van der Waals surface area contributed by atoms with Crippen LogP contribution in [0.2, 0.25) is 18.1 Å². The first-order valence-electron chi connectivity index (χ1n) is 13.2. The minimum absolute atomic E-state index is 0.208. The molecular formula is C27H42F4Si. The lowest BCUT2D eigenvalue weighted by atomic mass is 9.76. The summed E-state index contributed by atoms with van der Waals surface area (Å²) in [5.74, 6) is 0.803. The Morgan fingerprint density at radius 2 is 1.47 bits per heavy atom. The number of alkyl halides is 3. The van der Waals surface area contributed by atoms with Gasteiger partial charge in [-0.3, -0.25) is 0 Å². The Hall–Kier alpha value is -0.843. The first-order valence-corrected chi connectivity index (χ1v) is 15.7. The van der Waals surface area contributed by atoms with Crippen molar-refractivity contribution in [3.8, 4) is 0 Å². The Morgan fingerprint density at radius 1 is 0.844 bits per heavy atom. The highest BCUT2D eigenvalue weighted by Gasteiger charge is 2.34. The van der Waals surface area contributed by atoms with Crippen molar-refractivity contribution in [3.63, 3.8) is 0 Å². The number of rotatable bonds is 10. The highest BCUT2D eigenvalue weighted by atomic mass is 28.3. The van der Waals surface area contributed by atoms with Crippen molar-refractivity contribution in [1.82, 2.24) is 0 Å². The molecular weight excluding hydrogens is 428 g/mol. The third-order valence-corrected chi connectivity index (χ3v) is 11.8. The molecule has 3 rings (SSSR count). The summed E-state index contributed by atoms with van der Waals surface area (Å²) in [6.07, 6.45) is 12.2. The third kappa shape index (κ3) is 7.88. The predicted molar refractivity (Wildman–Crippen MR) is 128 cm³/mol. The van der Waals surface area contributed by atoms with Crippen LogP contribution in [0.25, 0.3) is 0 Å². The Kier molecular flexibility index (Phi) is 10.1. The third-order valence-electron chi connectivity index (χ3n) is 8.27. The second-order valence-corrected chi connectivity index (χ2v) is 14.1. The van der Waals surface area contributed by atoms with Crippen LogP contribution in [-0.4, -0.2) is 8.80 Å². The monoisotopic (exact) mass is 470 g/mol. The van der Waals surface area contributed by atoms with Crippen LogP contribution in [0, 0.1) is 17.7 Å². The van der Waals surface area contributed by atoms with E-state index < -0.39 is 17.6 Å². The summed E-state index contributed by atoms with van der Waals surface area (Å²) >= 11 is 0. The molecule has 1 saturated carbocycles. The standard InChI is InChI=1S/C27H42F4Si/c1-2-3-6-17-32-18-15-22(16-19-32)8-5-4-7-21-9-11-23(12-10-21)24-13-14-25(26(28)20-24)27(29,30)31/h13-14,20-23,32H,2-12,15-19H2,1H3. The van der Waals surface area contributed by atoms with Crippen molar-refractivity contribution in [1.29, 1.82) is 0 Å². The Balaban J connectivity index is 1.29. The van der Waals surface area contributed by atoms with E-state index in [1.165, 1.54) is 63.9 Å². The normalized spacial score (nSPS) is 26.9. The van der Waals surface area contributed by atoms with Crippen LogP contribution in [-0.2, 0) is 6.18 Å². The molecule has 0 atom stereocenters. The van der Waals surface area contributed by atoms with Gasteiger partial charge in [-0.25, -0.2) is 4.39 Å². The quantitative estimate of drug-likeness (QED) is 0.181. The Morgan fingerprint density at radius 3 is 2.03 bits per heavy atom. The fourth-order valence-corrected chi connectivity index (χ4v) is 9.78. The number of benzene rings is 1. The molecule has 0 spiro atoms. The summed E-state index contributed by atoms with van der Waals surface area (Å²) in [4.78, 5) is 0. The van der Waals surface area contributed by atoms with Crippen LogP contribution in [0.4, 0.5) is 17.6 Å². The molecule has 1 aliphatic carbocycles. The predicted octanol–water partition coefficient (Wildman–Crippen LogP) is 9.51. The van der Waals surface area contributed by atoms with Gasteiger partial charge in [0.15, 0.2) is 0 Å². The number of unbranched alkanes of at least 4 members (excludes halogenated alkanes) is 3. The Labute approximate surface area is 194 Å². The van der Waals surface area contributed by atoms with E-state index in [1.54, 1.807) is 18.1 Å². The summed E-state index contributed by atoms with van der Waals surface area (Å²) < 4.78 is 52.2. The van der Waals surface area contributed by atoms with Crippen LogP contribution >= 0.6 is 0 Å². The molecule has 0 aromatic heterocycles. The van der Waals surface area contributed by atoms with Crippen LogP contribution < -0.4 is 0 Å². The average Bonchev–Trinajstić information content (AvgIpc) is 2.77. The largest absolute Gasteiger partial charge is 0.419 e. The molecule has 1 heterocycles. The second-order valence-electron chi connectivity index (χ2n) is 10.6. The Bertz CT molecular complexity index is 671. The SMILES string of the molecule is CCCCC[SiH]1CCC(CCCCC2CCC(c3ccc(C(F)(F)F)c(F)c3)CC2)CC1. The summed E-state index contributed by atoms with van der Waals surface area (Å²) in [6, 6.07) is 8.28. The van der Waals surface area contributed by atoms with Gasteiger partial charge >= 0.3 is 6.18 Å². The number of hydrogen-bond donors (Lipinski definition) is 0. The summed E-state index contributed by atoms with van der Waals surface area (Å²) in [5, 5.41) is 0. The van der Waals surface area contributed by atoms with Gasteiger partial charge in [0.05, 0.1) is 5.56 Å². The van der Waals surface area contributed by atoms with Crippen molar-refractivity contribution in [2.24, 2.45) is 11.8 Å². The average molecular weight is 471 g/mol. The van der Waals surface area contributed by atoms with Gasteiger partial charge in [-0.15, -0.1) is 0 Å². The maximum absolute atomic E-state index is 13.9. The molecule has 0 radical (unpaired) electrons. The molecule has 2 fully saturated rings. The van der Waals surface area contributed by atoms with Crippen LogP contribution in [0.3, 0.4) is 0 Å². The van der Waals surface area contributed by atoms with Gasteiger partial charge in [-0.1, -0.05) is 88.9 Å². The van der Waals surface area contributed by atoms with E-state index in [2.05, 4.69) is 6.92 Å². The van der Waals surface area contributed by atoms with Crippen LogP contribution in [0.1, 0.15) is 107 Å². The van der Waals surface area contributed by atoms with Crippen LogP contribution in [0.15, 0.2) is 18.2 Å². The van der Waals surface area contributed by atoms with Crippen molar-refractivity contribution >= 4 is 8.80 Å². The molecule has 0 nitrogen and oxygen atoms in total. The minimum atomic E-state index is -4.61. The van der Waals surface area contributed by atoms with Gasteiger partial charge in [0.25, 0.3) is 0 Å². The van der Waals surface area contributed by atoms with Crippen molar-refractivity contribution in [3.05, 3.63) is 35.1 Å². The van der Waals surface area contributed by atoms with Gasteiger partial charge in [0, 0.05) is 8.80 Å². The van der Waals surface area contributed by atoms with E-state index >= 15 is 0 Å². The van der Waals surface area contributed by atoms with E-state index in [1.807, 2.05) is 0 Å². The molecule has 0 N–H and O–H groups in total. The first kappa shape index (κ1) is 25.8. The molecule has 1 aromatic rings. The molecule has 1 aliphatic heterocycles. The van der Waals surface area contributed by atoms with E-state index in [0.717, 1.165) is 55.2 Å². The van der Waals surface area contributed by atoms with Crippen molar-refractivity contribution in [2.75, 3.05) is 0 Å². The molecule has 182 valence electrons. The molecule has 0 unspecified atom stereocenters.